The van der Waals surface area contributed by atoms with Gasteiger partial charge in [0.25, 0.3) is 5.91 Å². The molecule has 0 bridgehead atoms. The van der Waals surface area contributed by atoms with Crippen LogP contribution in [0.1, 0.15) is 22.3 Å². The smallest absolute Gasteiger partial charge is 0.255 e. The third-order valence-electron chi connectivity index (χ3n) is 3.52. The molecule has 25 heavy (non-hydrogen) atoms. The fraction of sp³-hybridized carbons (Fsp3) is 0.278. The molecule has 0 aromatic heterocycles. The number of sulfonamides is 1. The van der Waals surface area contributed by atoms with Gasteiger partial charge in [0.15, 0.2) is 0 Å². The summed E-state index contributed by atoms with van der Waals surface area (Å²) in [4.78, 5) is 12.3. The van der Waals surface area contributed by atoms with Crippen molar-refractivity contribution in [2.75, 3.05) is 25.6 Å². The molecule has 0 fully saturated rings. The van der Waals surface area contributed by atoms with Gasteiger partial charge in [-0.3, -0.25) is 4.79 Å². The molecule has 0 aliphatic carbocycles. The van der Waals surface area contributed by atoms with Crippen molar-refractivity contribution in [1.82, 2.24) is 4.72 Å². The Balaban J connectivity index is 2.00. The minimum atomic E-state index is -3.56. The first-order chi connectivity index (χ1) is 11.9. The summed E-state index contributed by atoms with van der Waals surface area (Å²) in [5, 5.41) is 2.75. The van der Waals surface area contributed by atoms with E-state index < -0.39 is 10.0 Å². The first-order valence-electron chi connectivity index (χ1n) is 7.89. The highest BCUT2D eigenvalue weighted by molar-refractivity contribution is 7.89. The number of amides is 1. The predicted octanol–water partition coefficient (Wildman–Crippen LogP) is 2.56. The Morgan fingerprint density at radius 1 is 1.12 bits per heavy atom. The highest BCUT2D eigenvalue weighted by Crippen LogP contribution is 2.15. The van der Waals surface area contributed by atoms with Crippen LogP contribution in [-0.2, 0) is 14.8 Å². The van der Waals surface area contributed by atoms with Gasteiger partial charge in [-0.15, -0.1) is 0 Å². The molecule has 2 N–H and O–H groups in total. The van der Waals surface area contributed by atoms with Crippen LogP contribution in [0, 0.1) is 6.92 Å². The quantitative estimate of drug-likeness (QED) is 0.707. The maximum absolute atomic E-state index is 12.2. The Kier molecular flexibility index (Phi) is 6.69. The predicted molar refractivity (Wildman–Crippen MR) is 97.3 cm³/mol. The van der Waals surface area contributed by atoms with Gasteiger partial charge in [0.05, 0.1) is 4.90 Å². The van der Waals surface area contributed by atoms with Gasteiger partial charge in [0, 0.05) is 31.5 Å². The fourth-order valence-electron chi connectivity index (χ4n) is 2.21. The Morgan fingerprint density at radius 3 is 2.48 bits per heavy atom. The summed E-state index contributed by atoms with van der Waals surface area (Å²) in [6.07, 6.45) is 0.598. The lowest BCUT2D eigenvalue weighted by atomic mass is 10.1. The molecule has 2 aromatic rings. The Bertz CT molecular complexity index is 817. The van der Waals surface area contributed by atoms with Crippen molar-refractivity contribution in [3.63, 3.8) is 0 Å². The average Bonchev–Trinajstić information content (AvgIpc) is 2.59. The van der Waals surface area contributed by atoms with Crippen LogP contribution in [0.15, 0.2) is 53.4 Å². The number of methoxy groups -OCH3 is 1. The van der Waals surface area contributed by atoms with E-state index in [-0.39, 0.29) is 10.8 Å². The van der Waals surface area contributed by atoms with E-state index in [2.05, 4.69) is 10.0 Å². The minimum Gasteiger partial charge on any atom is -0.385 e. The zero-order chi connectivity index (χ0) is 18.3. The molecular weight excluding hydrogens is 340 g/mol. The average molecular weight is 362 g/mol. The zero-order valence-electron chi connectivity index (χ0n) is 14.3. The lowest BCUT2D eigenvalue weighted by molar-refractivity contribution is 0.102. The number of carbonyl (C=O) groups is 1. The number of nitrogens with one attached hydrogen (secondary N) is 2. The highest BCUT2D eigenvalue weighted by Gasteiger charge is 2.13. The van der Waals surface area contributed by atoms with E-state index in [1.54, 1.807) is 31.4 Å². The number of anilines is 1. The summed E-state index contributed by atoms with van der Waals surface area (Å²) in [7, 11) is -1.99. The molecule has 0 aliphatic rings. The minimum absolute atomic E-state index is 0.151. The first-order valence-corrected chi connectivity index (χ1v) is 9.37. The number of ether oxygens (including phenoxy) is 1. The number of carbonyl (C=O) groups excluding carboxylic acids is 1. The normalized spacial score (nSPS) is 11.3. The third-order valence-corrected chi connectivity index (χ3v) is 5.00. The van der Waals surface area contributed by atoms with Crippen molar-refractivity contribution < 1.29 is 17.9 Å². The molecule has 6 nitrogen and oxygen atoms in total. The van der Waals surface area contributed by atoms with Gasteiger partial charge in [-0.1, -0.05) is 17.7 Å². The summed E-state index contributed by atoms with van der Waals surface area (Å²) in [6, 6.07) is 13.3. The molecule has 2 rings (SSSR count). The third kappa shape index (κ3) is 5.67. The molecule has 134 valence electrons. The van der Waals surface area contributed by atoms with Crippen LogP contribution in [0.2, 0.25) is 0 Å². The van der Waals surface area contributed by atoms with Crippen LogP contribution in [0.4, 0.5) is 5.69 Å². The molecule has 0 radical (unpaired) electrons. The maximum atomic E-state index is 12.2. The van der Waals surface area contributed by atoms with E-state index >= 15 is 0 Å². The Hall–Kier alpha value is -2.22. The molecule has 0 saturated carbocycles. The van der Waals surface area contributed by atoms with Crippen molar-refractivity contribution >= 4 is 21.6 Å². The molecule has 0 unspecified atom stereocenters. The van der Waals surface area contributed by atoms with Crippen LogP contribution < -0.4 is 10.0 Å². The summed E-state index contributed by atoms with van der Waals surface area (Å²) in [5.74, 6) is -0.239. The van der Waals surface area contributed by atoms with Gasteiger partial charge in [0.2, 0.25) is 10.0 Å². The summed E-state index contributed by atoms with van der Waals surface area (Å²) >= 11 is 0. The van der Waals surface area contributed by atoms with Crippen LogP contribution in [0.3, 0.4) is 0 Å². The van der Waals surface area contributed by atoms with E-state index in [4.69, 9.17) is 4.74 Å². The van der Waals surface area contributed by atoms with Crippen LogP contribution in [0.5, 0.6) is 0 Å². The van der Waals surface area contributed by atoms with Gasteiger partial charge in [-0.25, -0.2) is 13.1 Å². The van der Waals surface area contributed by atoms with Gasteiger partial charge in [0.1, 0.15) is 0 Å². The standard InChI is InChI=1S/C18H22N2O4S/c1-14-5-3-6-15(13-14)18(21)20-16-7-9-17(10-8-16)25(22,23)19-11-4-12-24-2/h3,5-10,13,19H,4,11-12H2,1-2H3,(H,20,21). The van der Waals surface area contributed by atoms with Crippen LogP contribution >= 0.6 is 0 Å². The van der Waals surface area contributed by atoms with Crippen molar-refractivity contribution in [3.05, 3.63) is 59.7 Å². The van der Waals surface area contributed by atoms with Crippen molar-refractivity contribution in [2.45, 2.75) is 18.2 Å². The summed E-state index contributed by atoms with van der Waals surface area (Å²) in [5.41, 5.74) is 2.08. The second kappa shape index (κ2) is 8.75. The van der Waals surface area contributed by atoms with E-state index in [1.807, 2.05) is 19.1 Å². The molecule has 7 heteroatoms. The topological polar surface area (TPSA) is 84.5 Å². The van der Waals surface area contributed by atoms with Gasteiger partial charge >= 0.3 is 0 Å². The number of aryl methyl sites for hydroxylation is 1. The van der Waals surface area contributed by atoms with Crippen LogP contribution in [-0.4, -0.2) is 34.6 Å². The maximum Gasteiger partial charge on any atom is 0.255 e. The second-order valence-electron chi connectivity index (χ2n) is 5.59. The number of hydrogen-bond acceptors (Lipinski definition) is 4. The molecular formula is C18H22N2O4S. The second-order valence-corrected chi connectivity index (χ2v) is 7.36. The van der Waals surface area contributed by atoms with E-state index in [9.17, 15) is 13.2 Å². The first kappa shape index (κ1) is 19.1. The number of hydrogen-bond donors (Lipinski definition) is 2. The lowest BCUT2D eigenvalue weighted by Crippen LogP contribution is -2.25. The van der Waals surface area contributed by atoms with E-state index in [1.165, 1.54) is 12.1 Å². The SMILES string of the molecule is COCCCNS(=O)(=O)c1ccc(NC(=O)c2cccc(C)c2)cc1. The lowest BCUT2D eigenvalue weighted by Gasteiger charge is -2.09. The van der Waals surface area contributed by atoms with Crippen molar-refractivity contribution in [1.29, 1.82) is 0 Å². The summed E-state index contributed by atoms with van der Waals surface area (Å²) < 4.78 is 31.7. The molecule has 0 heterocycles. The summed E-state index contributed by atoms with van der Waals surface area (Å²) in [6.45, 7) is 2.71. The zero-order valence-corrected chi connectivity index (χ0v) is 15.1. The van der Waals surface area contributed by atoms with Crippen LogP contribution in [0.25, 0.3) is 0 Å². The van der Waals surface area contributed by atoms with E-state index in [0.29, 0.717) is 30.8 Å². The van der Waals surface area contributed by atoms with Gasteiger partial charge in [-0.05, 0) is 49.7 Å². The largest absolute Gasteiger partial charge is 0.385 e. The highest BCUT2D eigenvalue weighted by atomic mass is 32.2. The van der Waals surface area contributed by atoms with Gasteiger partial charge in [-0.2, -0.15) is 0 Å². The monoisotopic (exact) mass is 362 g/mol. The Morgan fingerprint density at radius 2 is 1.84 bits per heavy atom. The molecule has 0 saturated heterocycles. The van der Waals surface area contributed by atoms with E-state index in [0.717, 1.165) is 5.56 Å². The van der Waals surface area contributed by atoms with Crippen molar-refractivity contribution in [3.8, 4) is 0 Å². The number of benzene rings is 2. The fourth-order valence-corrected chi connectivity index (χ4v) is 3.29. The molecule has 2 aromatic carbocycles. The Labute approximate surface area is 148 Å². The number of rotatable bonds is 8. The molecule has 0 atom stereocenters. The van der Waals surface area contributed by atoms with Gasteiger partial charge < -0.3 is 10.1 Å². The van der Waals surface area contributed by atoms with Crippen molar-refractivity contribution in [2.24, 2.45) is 0 Å². The molecule has 0 spiro atoms. The molecule has 0 aliphatic heterocycles. The molecule has 1 amide bonds.